The second-order valence-electron chi connectivity index (χ2n) is 5.08. The SMILES string of the molecule is Cc1nn(C)c(C)c1NCc1ccc(N(C)C)cc1. The van der Waals surface area contributed by atoms with Gasteiger partial charge in [-0.2, -0.15) is 5.10 Å². The Bertz CT molecular complexity index is 552. The normalized spacial score (nSPS) is 10.6. The number of anilines is 2. The van der Waals surface area contributed by atoms with Crippen molar-refractivity contribution in [2.75, 3.05) is 24.3 Å². The van der Waals surface area contributed by atoms with Gasteiger partial charge in [0, 0.05) is 33.4 Å². The number of nitrogens with one attached hydrogen (secondary N) is 1. The summed E-state index contributed by atoms with van der Waals surface area (Å²) in [7, 11) is 6.07. The Kier molecular flexibility index (Phi) is 3.79. The third-order valence-corrected chi connectivity index (χ3v) is 3.43. The van der Waals surface area contributed by atoms with Gasteiger partial charge in [0.2, 0.25) is 0 Å². The molecule has 0 amide bonds. The van der Waals surface area contributed by atoms with Crippen LogP contribution in [0.4, 0.5) is 11.4 Å². The average molecular weight is 258 g/mol. The van der Waals surface area contributed by atoms with E-state index in [4.69, 9.17) is 0 Å². The maximum absolute atomic E-state index is 4.41. The number of benzene rings is 1. The van der Waals surface area contributed by atoms with Gasteiger partial charge in [0.25, 0.3) is 0 Å². The fourth-order valence-electron chi connectivity index (χ4n) is 2.13. The molecular weight excluding hydrogens is 236 g/mol. The summed E-state index contributed by atoms with van der Waals surface area (Å²) < 4.78 is 1.91. The summed E-state index contributed by atoms with van der Waals surface area (Å²) in [4.78, 5) is 2.10. The van der Waals surface area contributed by atoms with E-state index in [2.05, 4.69) is 60.6 Å². The highest BCUT2D eigenvalue weighted by molar-refractivity contribution is 5.53. The smallest absolute Gasteiger partial charge is 0.0827 e. The van der Waals surface area contributed by atoms with Crippen LogP contribution < -0.4 is 10.2 Å². The maximum Gasteiger partial charge on any atom is 0.0827 e. The van der Waals surface area contributed by atoms with E-state index in [0.717, 1.165) is 17.9 Å². The minimum Gasteiger partial charge on any atom is -0.378 e. The number of aryl methyl sites for hydroxylation is 2. The zero-order valence-corrected chi connectivity index (χ0v) is 12.4. The first-order valence-corrected chi connectivity index (χ1v) is 6.49. The zero-order chi connectivity index (χ0) is 14.0. The van der Waals surface area contributed by atoms with Crippen LogP contribution in [0.5, 0.6) is 0 Å². The second kappa shape index (κ2) is 5.34. The Morgan fingerprint density at radius 3 is 2.26 bits per heavy atom. The molecule has 1 aromatic carbocycles. The molecule has 1 aromatic heterocycles. The lowest BCUT2D eigenvalue weighted by molar-refractivity contribution is 0.731. The highest BCUT2D eigenvalue weighted by Gasteiger charge is 2.08. The van der Waals surface area contributed by atoms with Crippen molar-refractivity contribution in [3.63, 3.8) is 0 Å². The Morgan fingerprint density at radius 1 is 1.16 bits per heavy atom. The molecule has 0 spiro atoms. The molecule has 0 atom stereocenters. The fourth-order valence-corrected chi connectivity index (χ4v) is 2.13. The molecule has 0 fully saturated rings. The number of nitrogens with zero attached hydrogens (tertiary/aromatic N) is 3. The summed E-state index contributed by atoms with van der Waals surface area (Å²) in [5.41, 5.74) is 5.84. The van der Waals surface area contributed by atoms with E-state index >= 15 is 0 Å². The van der Waals surface area contributed by atoms with Crippen LogP contribution >= 0.6 is 0 Å². The highest BCUT2D eigenvalue weighted by atomic mass is 15.3. The van der Waals surface area contributed by atoms with Crippen LogP contribution in [0.1, 0.15) is 17.0 Å². The van der Waals surface area contributed by atoms with Crippen LogP contribution in [0.25, 0.3) is 0 Å². The topological polar surface area (TPSA) is 33.1 Å². The van der Waals surface area contributed by atoms with Gasteiger partial charge in [-0.15, -0.1) is 0 Å². The van der Waals surface area contributed by atoms with Crippen LogP contribution in [0.15, 0.2) is 24.3 Å². The van der Waals surface area contributed by atoms with Gasteiger partial charge in [-0.25, -0.2) is 0 Å². The van der Waals surface area contributed by atoms with E-state index in [1.165, 1.54) is 16.9 Å². The molecule has 0 saturated carbocycles. The fraction of sp³-hybridized carbons (Fsp3) is 0.400. The van der Waals surface area contributed by atoms with Crippen LogP contribution in [-0.2, 0) is 13.6 Å². The second-order valence-corrected chi connectivity index (χ2v) is 5.08. The lowest BCUT2D eigenvalue weighted by Crippen LogP contribution is -2.08. The summed E-state index contributed by atoms with van der Waals surface area (Å²) in [5.74, 6) is 0. The van der Waals surface area contributed by atoms with Crippen LogP contribution in [0.2, 0.25) is 0 Å². The van der Waals surface area contributed by atoms with Crippen molar-refractivity contribution >= 4 is 11.4 Å². The molecule has 1 N–H and O–H groups in total. The number of aromatic nitrogens is 2. The van der Waals surface area contributed by atoms with Crippen molar-refractivity contribution in [1.82, 2.24) is 9.78 Å². The van der Waals surface area contributed by atoms with Gasteiger partial charge in [-0.05, 0) is 31.5 Å². The van der Waals surface area contributed by atoms with Crippen LogP contribution in [0.3, 0.4) is 0 Å². The first-order valence-electron chi connectivity index (χ1n) is 6.49. The quantitative estimate of drug-likeness (QED) is 0.915. The molecule has 102 valence electrons. The van der Waals surface area contributed by atoms with E-state index in [-0.39, 0.29) is 0 Å². The summed E-state index contributed by atoms with van der Waals surface area (Å²) >= 11 is 0. The first kappa shape index (κ1) is 13.5. The van der Waals surface area contributed by atoms with Gasteiger partial charge in [0.15, 0.2) is 0 Å². The molecule has 19 heavy (non-hydrogen) atoms. The van der Waals surface area contributed by atoms with E-state index in [1.807, 2.05) is 18.7 Å². The monoisotopic (exact) mass is 258 g/mol. The van der Waals surface area contributed by atoms with Gasteiger partial charge in [-0.1, -0.05) is 12.1 Å². The molecule has 4 heteroatoms. The van der Waals surface area contributed by atoms with Crippen molar-refractivity contribution in [3.8, 4) is 0 Å². The lowest BCUT2D eigenvalue weighted by Gasteiger charge is -2.13. The Hall–Kier alpha value is -1.97. The van der Waals surface area contributed by atoms with Crippen LogP contribution in [-0.4, -0.2) is 23.9 Å². The predicted octanol–water partition coefficient (Wildman–Crippen LogP) is 2.72. The minimum atomic E-state index is 0.821. The first-order chi connectivity index (χ1) is 8.99. The number of rotatable bonds is 4. The largest absolute Gasteiger partial charge is 0.378 e. The molecular formula is C15H22N4. The molecule has 0 saturated heterocycles. The van der Waals surface area contributed by atoms with Crippen molar-refractivity contribution < 1.29 is 0 Å². The molecule has 0 bridgehead atoms. The maximum atomic E-state index is 4.41. The van der Waals surface area contributed by atoms with E-state index in [0.29, 0.717) is 0 Å². The minimum absolute atomic E-state index is 0.821. The highest BCUT2D eigenvalue weighted by Crippen LogP contribution is 2.20. The molecule has 0 aliphatic heterocycles. The molecule has 0 aliphatic rings. The zero-order valence-electron chi connectivity index (χ0n) is 12.4. The molecule has 4 nitrogen and oxygen atoms in total. The molecule has 0 aliphatic carbocycles. The van der Waals surface area contributed by atoms with Gasteiger partial charge < -0.3 is 10.2 Å². The summed E-state index contributed by atoms with van der Waals surface area (Å²) in [6, 6.07) is 8.59. The van der Waals surface area contributed by atoms with Crippen LogP contribution in [0, 0.1) is 13.8 Å². The Labute approximate surface area is 115 Å². The third-order valence-electron chi connectivity index (χ3n) is 3.43. The van der Waals surface area contributed by atoms with Crippen molar-refractivity contribution in [2.45, 2.75) is 20.4 Å². The Balaban J connectivity index is 2.06. The number of hydrogen-bond acceptors (Lipinski definition) is 3. The van der Waals surface area contributed by atoms with Gasteiger partial charge in [-0.3, -0.25) is 4.68 Å². The number of hydrogen-bond donors (Lipinski definition) is 1. The van der Waals surface area contributed by atoms with E-state index in [9.17, 15) is 0 Å². The molecule has 1 heterocycles. The standard InChI is InChI=1S/C15H22N4/c1-11-15(12(2)19(5)17-11)16-10-13-6-8-14(9-7-13)18(3)4/h6-9,16H,10H2,1-5H3. The van der Waals surface area contributed by atoms with E-state index < -0.39 is 0 Å². The lowest BCUT2D eigenvalue weighted by atomic mass is 10.2. The van der Waals surface area contributed by atoms with Crippen molar-refractivity contribution in [1.29, 1.82) is 0 Å². The van der Waals surface area contributed by atoms with Gasteiger partial charge in [0.05, 0.1) is 17.1 Å². The molecule has 2 aromatic rings. The van der Waals surface area contributed by atoms with Gasteiger partial charge in [0.1, 0.15) is 0 Å². The average Bonchev–Trinajstić information content (AvgIpc) is 2.62. The van der Waals surface area contributed by atoms with Crippen molar-refractivity contribution in [2.24, 2.45) is 7.05 Å². The predicted molar refractivity (Wildman–Crippen MR) is 80.8 cm³/mol. The third kappa shape index (κ3) is 2.89. The Morgan fingerprint density at radius 2 is 1.79 bits per heavy atom. The molecule has 0 radical (unpaired) electrons. The van der Waals surface area contributed by atoms with E-state index in [1.54, 1.807) is 0 Å². The molecule has 0 unspecified atom stereocenters. The summed E-state index contributed by atoms with van der Waals surface area (Å²) in [6.45, 7) is 4.93. The van der Waals surface area contributed by atoms with Crippen molar-refractivity contribution in [3.05, 3.63) is 41.2 Å². The molecule has 2 rings (SSSR count). The van der Waals surface area contributed by atoms with Gasteiger partial charge >= 0.3 is 0 Å². The summed E-state index contributed by atoms with van der Waals surface area (Å²) in [5, 5.41) is 7.88. The summed E-state index contributed by atoms with van der Waals surface area (Å²) in [6.07, 6.45) is 0.